The predicted molar refractivity (Wildman–Crippen MR) is 105 cm³/mol. The Balaban J connectivity index is 1.56. The zero-order chi connectivity index (χ0) is 18.8. The van der Waals surface area contributed by atoms with Crippen LogP contribution in [0.2, 0.25) is 0 Å². The van der Waals surface area contributed by atoms with Gasteiger partial charge >= 0.3 is 0 Å². The van der Waals surface area contributed by atoms with Crippen molar-refractivity contribution in [2.45, 2.75) is 32.1 Å². The van der Waals surface area contributed by atoms with Crippen LogP contribution in [-0.4, -0.2) is 33.4 Å². The van der Waals surface area contributed by atoms with Crippen molar-refractivity contribution in [1.82, 2.24) is 14.5 Å². The summed E-state index contributed by atoms with van der Waals surface area (Å²) in [5.74, 6) is 0.0738. The van der Waals surface area contributed by atoms with Crippen molar-refractivity contribution in [2.24, 2.45) is 0 Å². The minimum Gasteiger partial charge on any atom is -0.337 e. The topological polar surface area (TPSA) is 38.1 Å². The molecule has 0 aliphatic carbocycles. The molecule has 1 amide bonds. The van der Waals surface area contributed by atoms with Gasteiger partial charge < -0.3 is 9.47 Å². The molecule has 4 nitrogen and oxygen atoms in total. The van der Waals surface area contributed by atoms with Crippen LogP contribution >= 0.6 is 11.3 Å². The van der Waals surface area contributed by atoms with Crippen LogP contribution < -0.4 is 0 Å². The van der Waals surface area contributed by atoms with Gasteiger partial charge in [-0.2, -0.15) is 0 Å². The van der Waals surface area contributed by atoms with Crippen molar-refractivity contribution in [1.29, 1.82) is 0 Å². The van der Waals surface area contributed by atoms with Crippen molar-refractivity contribution in [3.8, 4) is 5.13 Å². The number of halogens is 1. The molecule has 1 saturated heterocycles. The number of hydrogen-bond acceptors (Lipinski definition) is 3. The van der Waals surface area contributed by atoms with E-state index >= 15 is 0 Å². The highest BCUT2D eigenvalue weighted by Gasteiger charge is 2.27. The number of benzene rings is 1. The Morgan fingerprint density at radius 1 is 1.19 bits per heavy atom. The summed E-state index contributed by atoms with van der Waals surface area (Å²) < 4.78 is 15.2. The van der Waals surface area contributed by atoms with Gasteiger partial charge in [-0.3, -0.25) is 4.79 Å². The first kappa shape index (κ1) is 17.9. The summed E-state index contributed by atoms with van der Waals surface area (Å²) in [7, 11) is 0. The molecule has 27 heavy (non-hydrogen) atoms. The van der Waals surface area contributed by atoms with Crippen LogP contribution in [0.15, 0.2) is 48.8 Å². The third-order valence-electron chi connectivity index (χ3n) is 5.10. The summed E-state index contributed by atoms with van der Waals surface area (Å²) in [6.07, 6.45) is 6.95. The molecule has 0 N–H and O–H groups in total. The standard InChI is InChI=1S/C21H22FN3OS/c1-15-19(27-21(23-15)24-11-4-5-12-24)20(26)25-13-3-2-6-17(14-25)16-7-9-18(22)10-8-16/h4-5,7-12,17H,2-3,6,13-14H2,1H3/t17-/m0/s1. The molecule has 0 spiro atoms. The normalized spacial score (nSPS) is 17.7. The number of amides is 1. The number of aryl methyl sites for hydroxylation is 1. The summed E-state index contributed by atoms with van der Waals surface area (Å²) in [6.45, 7) is 3.32. The van der Waals surface area contributed by atoms with Crippen molar-refractivity contribution < 1.29 is 9.18 Å². The fourth-order valence-electron chi connectivity index (χ4n) is 3.63. The SMILES string of the molecule is Cc1nc(-n2cccc2)sc1C(=O)N1CCCC[C@H](c2ccc(F)cc2)C1. The Kier molecular flexibility index (Phi) is 5.07. The highest BCUT2D eigenvalue weighted by atomic mass is 32.1. The molecule has 0 bridgehead atoms. The zero-order valence-electron chi connectivity index (χ0n) is 15.3. The molecule has 1 atom stereocenters. The monoisotopic (exact) mass is 383 g/mol. The lowest BCUT2D eigenvalue weighted by Gasteiger charge is -2.24. The maximum atomic E-state index is 13.3. The molecule has 140 valence electrons. The largest absolute Gasteiger partial charge is 0.337 e. The van der Waals surface area contributed by atoms with E-state index in [1.54, 1.807) is 0 Å². The molecule has 4 rings (SSSR count). The lowest BCUT2D eigenvalue weighted by atomic mass is 9.94. The minimum atomic E-state index is -0.224. The van der Waals surface area contributed by atoms with Gasteiger partial charge in [0, 0.05) is 31.4 Å². The lowest BCUT2D eigenvalue weighted by molar-refractivity contribution is 0.0758. The van der Waals surface area contributed by atoms with Gasteiger partial charge in [-0.1, -0.05) is 29.9 Å². The van der Waals surface area contributed by atoms with E-state index in [1.807, 2.05) is 53.0 Å². The number of carbonyl (C=O) groups is 1. The van der Waals surface area contributed by atoms with E-state index in [0.717, 1.165) is 42.2 Å². The highest BCUT2D eigenvalue weighted by molar-refractivity contribution is 7.16. The first-order valence-electron chi connectivity index (χ1n) is 9.27. The van der Waals surface area contributed by atoms with Gasteiger partial charge in [0.25, 0.3) is 5.91 Å². The molecular formula is C21H22FN3OS. The molecule has 1 fully saturated rings. The fourth-order valence-corrected chi connectivity index (χ4v) is 4.63. The molecule has 1 aromatic carbocycles. The molecule has 0 saturated carbocycles. The number of nitrogens with zero attached hydrogens (tertiary/aromatic N) is 3. The molecular weight excluding hydrogens is 361 g/mol. The number of likely N-dealkylation sites (tertiary alicyclic amines) is 1. The van der Waals surface area contributed by atoms with Gasteiger partial charge in [0.05, 0.1) is 5.69 Å². The van der Waals surface area contributed by atoms with E-state index < -0.39 is 0 Å². The number of aromatic nitrogens is 2. The van der Waals surface area contributed by atoms with E-state index in [1.165, 1.54) is 23.5 Å². The number of carbonyl (C=O) groups excluding carboxylic acids is 1. The Morgan fingerprint density at radius 3 is 2.67 bits per heavy atom. The maximum Gasteiger partial charge on any atom is 0.265 e. The zero-order valence-corrected chi connectivity index (χ0v) is 16.1. The third-order valence-corrected chi connectivity index (χ3v) is 6.26. The highest BCUT2D eigenvalue weighted by Crippen LogP contribution is 2.29. The molecule has 6 heteroatoms. The summed E-state index contributed by atoms with van der Waals surface area (Å²) in [5.41, 5.74) is 1.88. The van der Waals surface area contributed by atoms with E-state index in [2.05, 4.69) is 4.98 Å². The summed E-state index contributed by atoms with van der Waals surface area (Å²) in [6, 6.07) is 10.6. The van der Waals surface area contributed by atoms with Crippen LogP contribution in [0.3, 0.4) is 0 Å². The summed E-state index contributed by atoms with van der Waals surface area (Å²) in [4.78, 5) is 20.4. The Labute approximate surface area is 162 Å². The smallest absolute Gasteiger partial charge is 0.265 e. The molecule has 2 aromatic heterocycles. The van der Waals surface area contributed by atoms with Gasteiger partial charge in [-0.05, 0) is 49.6 Å². The van der Waals surface area contributed by atoms with Crippen molar-refractivity contribution in [3.05, 3.63) is 70.7 Å². The van der Waals surface area contributed by atoms with Crippen LogP contribution in [-0.2, 0) is 0 Å². The second-order valence-electron chi connectivity index (χ2n) is 7.00. The molecule has 0 unspecified atom stereocenters. The van der Waals surface area contributed by atoms with E-state index in [0.29, 0.717) is 11.4 Å². The average molecular weight is 383 g/mol. The van der Waals surface area contributed by atoms with Crippen LogP contribution in [0.4, 0.5) is 4.39 Å². The van der Waals surface area contributed by atoms with Gasteiger partial charge in [0.15, 0.2) is 5.13 Å². The number of hydrogen-bond donors (Lipinski definition) is 0. The van der Waals surface area contributed by atoms with Gasteiger partial charge in [-0.15, -0.1) is 0 Å². The summed E-state index contributed by atoms with van der Waals surface area (Å²) >= 11 is 1.44. The third kappa shape index (κ3) is 3.81. The Bertz CT molecular complexity index is 918. The fraction of sp³-hybridized carbons (Fsp3) is 0.333. The van der Waals surface area contributed by atoms with E-state index in [-0.39, 0.29) is 17.6 Å². The second kappa shape index (κ2) is 7.64. The number of thiazole rings is 1. The Morgan fingerprint density at radius 2 is 1.93 bits per heavy atom. The minimum absolute atomic E-state index is 0.0532. The van der Waals surface area contributed by atoms with Crippen molar-refractivity contribution in [3.63, 3.8) is 0 Å². The maximum absolute atomic E-state index is 13.3. The number of rotatable bonds is 3. The first-order valence-corrected chi connectivity index (χ1v) is 10.1. The predicted octanol–water partition coefficient (Wildman–Crippen LogP) is 4.79. The van der Waals surface area contributed by atoms with Crippen LogP contribution in [0.25, 0.3) is 5.13 Å². The van der Waals surface area contributed by atoms with Crippen molar-refractivity contribution in [2.75, 3.05) is 13.1 Å². The van der Waals surface area contributed by atoms with E-state index in [4.69, 9.17) is 0 Å². The first-order chi connectivity index (χ1) is 13.1. The molecule has 0 radical (unpaired) electrons. The van der Waals surface area contributed by atoms with Gasteiger partial charge in [0.1, 0.15) is 10.7 Å². The van der Waals surface area contributed by atoms with E-state index in [9.17, 15) is 9.18 Å². The summed E-state index contributed by atoms with van der Waals surface area (Å²) in [5, 5.41) is 0.811. The van der Waals surface area contributed by atoms with Gasteiger partial charge in [-0.25, -0.2) is 9.37 Å². The average Bonchev–Trinajstić information content (AvgIpc) is 3.26. The molecule has 3 aromatic rings. The molecule has 1 aliphatic heterocycles. The van der Waals surface area contributed by atoms with Crippen molar-refractivity contribution >= 4 is 17.2 Å². The van der Waals surface area contributed by atoms with Crippen LogP contribution in [0.1, 0.15) is 46.1 Å². The van der Waals surface area contributed by atoms with Crippen LogP contribution in [0, 0.1) is 12.7 Å². The quantitative estimate of drug-likeness (QED) is 0.652. The Hall–Kier alpha value is -2.47. The van der Waals surface area contributed by atoms with Crippen LogP contribution in [0.5, 0.6) is 0 Å². The molecule has 1 aliphatic rings. The lowest BCUT2D eigenvalue weighted by Crippen LogP contribution is -2.34. The molecule has 3 heterocycles. The van der Waals surface area contributed by atoms with Gasteiger partial charge in [0.2, 0.25) is 0 Å². The second-order valence-corrected chi connectivity index (χ2v) is 7.97.